The maximum Gasteiger partial charge on any atom is 0.237 e. The van der Waals surface area contributed by atoms with Crippen molar-refractivity contribution in [2.75, 3.05) is 31.7 Å². The van der Waals surface area contributed by atoms with E-state index >= 15 is 0 Å². The Hall–Kier alpha value is -2.58. The lowest BCUT2D eigenvalue weighted by molar-refractivity contribution is -0.127. The number of carbonyl (C=O) groups excluding carboxylic acids is 2. The van der Waals surface area contributed by atoms with Gasteiger partial charge in [0, 0.05) is 29.1 Å². The molecule has 0 radical (unpaired) electrons. The number of nitrogens with zero attached hydrogens (tertiary/aromatic N) is 1. The summed E-state index contributed by atoms with van der Waals surface area (Å²) in [6.45, 7) is 4.27. The average Bonchev–Trinajstić information content (AvgIpc) is 3.44. The van der Waals surface area contributed by atoms with Crippen molar-refractivity contribution in [3.05, 3.63) is 40.6 Å². The fourth-order valence-electron chi connectivity index (χ4n) is 3.84. The fraction of sp³-hybridized carbons (Fsp3) is 0.455. The lowest BCUT2D eigenvalue weighted by Crippen LogP contribution is -2.49. The standard InChI is InChI=1S/C22H27N3O4S/c1-15(21(26)23-9-6-18-3-2-12-30-18)25-10-7-16(8-11-25)22(27)24-17-4-5-19-20(13-17)29-14-28-19/h2-5,12-13,15-16H,6-11,14H2,1H3,(H,23,26)(H,24,27)/t15-/m0/s1. The van der Waals surface area contributed by atoms with Gasteiger partial charge in [-0.15, -0.1) is 11.3 Å². The van der Waals surface area contributed by atoms with Gasteiger partial charge in [0.15, 0.2) is 11.5 Å². The van der Waals surface area contributed by atoms with Gasteiger partial charge in [0.05, 0.1) is 6.04 Å². The molecule has 1 fully saturated rings. The van der Waals surface area contributed by atoms with Gasteiger partial charge in [-0.2, -0.15) is 0 Å². The zero-order valence-corrected chi connectivity index (χ0v) is 17.9. The maximum absolute atomic E-state index is 12.7. The molecule has 0 aliphatic carbocycles. The van der Waals surface area contributed by atoms with E-state index in [0.29, 0.717) is 23.7 Å². The summed E-state index contributed by atoms with van der Waals surface area (Å²) in [5, 5.41) is 8.06. The smallest absolute Gasteiger partial charge is 0.237 e. The van der Waals surface area contributed by atoms with Gasteiger partial charge in [-0.3, -0.25) is 14.5 Å². The molecule has 2 N–H and O–H groups in total. The number of benzene rings is 1. The number of hydrogen-bond donors (Lipinski definition) is 2. The fourth-order valence-corrected chi connectivity index (χ4v) is 4.55. The number of rotatable bonds is 7. The molecular formula is C22H27N3O4S. The Labute approximate surface area is 180 Å². The summed E-state index contributed by atoms with van der Waals surface area (Å²) in [5.41, 5.74) is 0.713. The Kier molecular flexibility index (Phi) is 6.54. The molecule has 0 unspecified atom stereocenters. The molecule has 1 atom stereocenters. The van der Waals surface area contributed by atoms with E-state index in [1.165, 1.54) is 4.88 Å². The number of hydrogen-bond acceptors (Lipinski definition) is 6. The third-order valence-corrected chi connectivity index (χ3v) is 6.65. The van der Waals surface area contributed by atoms with Crippen LogP contribution in [0.1, 0.15) is 24.6 Å². The number of nitrogens with one attached hydrogen (secondary N) is 2. The Morgan fingerprint density at radius 3 is 2.77 bits per heavy atom. The second kappa shape index (κ2) is 9.49. The topological polar surface area (TPSA) is 79.9 Å². The highest BCUT2D eigenvalue weighted by atomic mass is 32.1. The van der Waals surface area contributed by atoms with Crippen LogP contribution in [0.15, 0.2) is 35.7 Å². The molecule has 1 saturated heterocycles. The number of anilines is 1. The number of carbonyl (C=O) groups is 2. The Balaban J connectivity index is 1.21. The van der Waals surface area contributed by atoms with Gasteiger partial charge in [0.1, 0.15) is 0 Å². The number of thiophene rings is 1. The van der Waals surface area contributed by atoms with Gasteiger partial charge in [-0.05, 0) is 62.9 Å². The molecule has 2 aliphatic rings. The molecule has 3 heterocycles. The summed E-state index contributed by atoms with van der Waals surface area (Å²) in [5.74, 6) is 1.36. The molecule has 2 aliphatic heterocycles. The van der Waals surface area contributed by atoms with E-state index in [-0.39, 0.29) is 30.6 Å². The van der Waals surface area contributed by atoms with Crippen molar-refractivity contribution in [3.8, 4) is 11.5 Å². The normalized spacial score (nSPS) is 17.5. The van der Waals surface area contributed by atoms with Gasteiger partial charge >= 0.3 is 0 Å². The number of piperidine rings is 1. The lowest BCUT2D eigenvalue weighted by atomic mass is 9.94. The molecule has 0 saturated carbocycles. The first-order valence-electron chi connectivity index (χ1n) is 10.3. The summed E-state index contributed by atoms with van der Waals surface area (Å²) >= 11 is 1.71. The highest BCUT2D eigenvalue weighted by molar-refractivity contribution is 7.09. The average molecular weight is 430 g/mol. The summed E-state index contributed by atoms with van der Waals surface area (Å²) < 4.78 is 10.7. The SMILES string of the molecule is C[C@@H](C(=O)NCCc1cccs1)N1CCC(C(=O)Nc2ccc3c(c2)OCO3)CC1. The molecule has 4 rings (SSSR count). The summed E-state index contributed by atoms with van der Waals surface area (Å²) in [6, 6.07) is 9.34. The largest absolute Gasteiger partial charge is 0.454 e. The van der Waals surface area contributed by atoms with Crippen LogP contribution in [0.25, 0.3) is 0 Å². The molecule has 30 heavy (non-hydrogen) atoms. The van der Waals surface area contributed by atoms with Crippen molar-refractivity contribution in [1.82, 2.24) is 10.2 Å². The molecule has 1 aromatic heterocycles. The second-order valence-electron chi connectivity index (χ2n) is 7.66. The maximum atomic E-state index is 12.7. The van der Waals surface area contributed by atoms with Crippen LogP contribution in [0.2, 0.25) is 0 Å². The lowest BCUT2D eigenvalue weighted by Gasteiger charge is -2.34. The third kappa shape index (κ3) is 4.94. The van der Waals surface area contributed by atoms with Crippen molar-refractivity contribution in [1.29, 1.82) is 0 Å². The van der Waals surface area contributed by atoms with Crippen LogP contribution in [0.4, 0.5) is 5.69 Å². The molecule has 2 amide bonds. The van der Waals surface area contributed by atoms with Gasteiger partial charge in [-0.25, -0.2) is 0 Å². The van der Waals surface area contributed by atoms with Gasteiger partial charge in [0.25, 0.3) is 0 Å². The zero-order chi connectivity index (χ0) is 20.9. The molecule has 2 aromatic rings. The van der Waals surface area contributed by atoms with Crippen LogP contribution in [-0.2, 0) is 16.0 Å². The molecule has 8 heteroatoms. The Bertz CT molecular complexity index is 879. The van der Waals surface area contributed by atoms with E-state index in [1.807, 2.05) is 24.4 Å². The van der Waals surface area contributed by atoms with Gasteiger partial charge in [0.2, 0.25) is 18.6 Å². The van der Waals surface area contributed by atoms with Crippen molar-refractivity contribution in [3.63, 3.8) is 0 Å². The van der Waals surface area contributed by atoms with Crippen LogP contribution in [0, 0.1) is 5.92 Å². The quantitative estimate of drug-likeness (QED) is 0.708. The number of likely N-dealkylation sites (tertiary alicyclic amines) is 1. The molecule has 160 valence electrons. The van der Waals surface area contributed by atoms with Crippen LogP contribution in [-0.4, -0.2) is 49.2 Å². The number of ether oxygens (including phenoxy) is 2. The third-order valence-electron chi connectivity index (χ3n) is 5.72. The van der Waals surface area contributed by atoms with E-state index in [1.54, 1.807) is 23.5 Å². The molecule has 0 bridgehead atoms. The first-order chi connectivity index (χ1) is 14.6. The van der Waals surface area contributed by atoms with Crippen molar-refractivity contribution >= 4 is 28.8 Å². The van der Waals surface area contributed by atoms with E-state index in [2.05, 4.69) is 21.6 Å². The van der Waals surface area contributed by atoms with Crippen LogP contribution in [0.3, 0.4) is 0 Å². The van der Waals surface area contributed by atoms with E-state index in [9.17, 15) is 9.59 Å². The molecule has 1 aromatic carbocycles. The molecular weight excluding hydrogens is 402 g/mol. The predicted octanol–water partition coefficient (Wildman–Crippen LogP) is 2.87. The van der Waals surface area contributed by atoms with Gasteiger partial charge in [-0.1, -0.05) is 6.07 Å². The van der Waals surface area contributed by atoms with E-state index < -0.39 is 0 Å². The summed E-state index contributed by atoms with van der Waals surface area (Å²) in [6.07, 6.45) is 2.34. The minimum atomic E-state index is -0.189. The van der Waals surface area contributed by atoms with Crippen LogP contribution in [0.5, 0.6) is 11.5 Å². The van der Waals surface area contributed by atoms with Crippen LogP contribution < -0.4 is 20.1 Å². The van der Waals surface area contributed by atoms with E-state index in [0.717, 1.165) is 32.4 Å². The van der Waals surface area contributed by atoms with Crippen molar-refractivity contribution in [2.24, 2.45) is 5.92 Å². The summed E-state index contributed by atoms with van der Waals surface area (Å²) in [4.78, 5) is 28.6. The Morgan fingerprint density at radius 1 is 1.20 bits per heavy atom. The first-order valence-corrected chi connectivity index (χ1v) is 11.2. The monoisotopic (exact) mass is 429 g/mol. The highest BCUT2D eigenvalue weighted by Crippen LogP contribution is 2.34. The van der Waals surface area contributed by atoms with Crippen molar-refractivity contribution < 1.29 is 19.1 Å². The Morgan fingerprint density at radius 2 is 2.00 bits per heavy atom. The number of fused-ring (bicyclic) bond motifs is 1. The first kappa shape index (κ1) is 20.7. The van der Waals surface area contributed by atoms with Gasteiger partial charge < -0.3 is 20.1 Å². The van der Waals surface area contributed by atoms with Crippen LogP contribution >= 0.6 is 11.3 Å². The summed E-state index contributed by atoms with van der Waals surface area (Å²) in [7, 11) is 0. The molecule has 7 nitrogen and oxygen atoms in total. The minimum absolute atomic E-state index is 0.0153. The zero-order valence-electron chi connectivity index (χ0n) is 17.1. The highest BCUT2D eigenvalue weighted by Gasteiger charge is 2.30. The number of amides is 2. The molecule has 0 spiro atoms. The predicted molar refractivity (Wildman–Crippen MR) is 116 cm³/mol. The van der Waals surface area contributed by atoms with Crippen molar-refractivity contribution in [2.45, 2.75) is 32.2 Å². The van der Waals surface area contributed by atoms with E-state index in [4.69, 9.17) is 9.47 Å². The second-order valence-corrected chi connectivity index (χ2v) is 8.70. The minimum Gasteiger partial charge on any atom is -0.454 e.